The fourth-order valence-electron chi connectivity index (χ4n) is 4.33. The molecule has 0 radical (unpaired) electrons. The van der Waals surface area contributed by atoms with E-state index in [2.05, 4.69) is 41.1 Å². The first kappa shape index (κ1) is 29.8. The Kier molecular flexibility index (Phi) is 9.16. The molecule has 222 valence electrons. The fourth-order valence-corrected chi connectivity index (χ4v) is 4.51. The number of hydrogen-bond donors (Lipinski definition) is 3. The van der Waals surface area contributed by atoms with E-state index in [4.69, 9.17) is 11.6 Å². The summed E-state index contributed by atoms with van der Waals surface area (Å²) in [6.45, 7) is 0. The molecular formula is C30H24ClFN8O4. The zero-order valence-corrected chi connectivity index (χ0v) is 23.8. The van der Waals surface area contributed by atoms with Gasteiger partial charge in [-0.3, -0.25) is 14.9 Å². The number of carbonyl (C=O) groups excluding carboxylic acids is 2. The number of H-pyrrole nitrogens is 1. The number of anilines is 1. The second-order valence-corrected chi connectivity index (χ2v) is 9.85. The molecular weight excluding hydrogens is 591 g/mol. The predicted molar refractivity (Wildman–Crippen MR) is 161 cm³/mol. The van der Waals surface area contributed by atoms with Crippen molar-refractivity contribution in [2.45, 2.75) is 12.5 Å². The van der Waals surface area contributed by atoms with Crippen molar-refractivity contribution >= 4 is 35.4 Å². The van der Waals surface area contributed by atoms with E-state index in [0.717, 1.165) is 5.56 Å². The normalized spacial score (nSPS) is 11.7. The Labute approximate surface area is 254 Å². The van der Waals surface area contributed by atoms with Crippen LogP contribution < -0.4 is 16.2 Å². The van der Waals surface area contributed by atoms with Gasteiger partial charge in [-0.1, -0.05) is 35.9 Å². The van der Waals surface area contributed by atoms with Gasteiger partial charge in [-0.05, 0) is 82.6 Å². The summed E-state index contributed by atoms with van der Waals surface area (Å²) >= 11 is 6.19. The van der Waals surface area contributed by atoms with Gasteiger partial charge >= 0.3 is 6.09 Å². The van der Waals surface area contributed by atoms with Gasteiger partial charge in [0.2, 0.25) is 5.91 Å². The Bertz CT molecular complexity index is 1860. The van der Waals surface area contributed by atoms with Crippen LogP contribution in [-0.2, 0) is 16.0 Å². The third kappa shape index (κ3) is 7.38. The zero-order chi connectivity index (χ0) is 31.1. The first-order valence-corrected chi connectivity index (χ1v) is 13.5. The van der Waals surface area contributed by atoms with E-state index in [1.807, 2.05) is 0 Å². The number of tetrazole rings is 1. The lowest BCUT2D eigenvalue weighted by Crippen LogP contribution is -2.30. The molecule has 1 atom stereocenters. The molecule has 0 bridgehead atoms. The minimum atomic E-state index is -0.716. The number of aromatic amines is 1. The van der Waals surface area contributed by atoms with Gasteiger partial charge in [-0.2, -0.15) is 9.78 Å². The van der Waals surface area contributed by atoms with Crippen molar-refractivity contribution in [2.24, 2.45) is 0 Å². The number of nitrogens with zero attached hydrogens (tertiary/aromatic N) is 5. The fraction of sp³-hybridized carbons (Fsp3) is 0.100. The van der Waals surface area contributed by atoms with Crippen molar-refractivity contribution < 1.29 is 18.7 Å². The molecule has 0 fully saturated rings. The highest BCUT2D eigenvalue weighted by Crippen LogP contribution is 2.24. The van der Waals surface area contributed by atoms with E-state index >= 15 is 0 Å². The molecule has 5 aromatic rings. The Morgan fingerprint density at radius 2 is 1.86 bits per heavy atom. The Hall–Kier alpha value is -5.69. The number of carbonyl (C=O) groups is 2. The van der Waals surface area contributed by atoms with E-state index in [9.17, 15) is 18.8 Å². The molecule has 2 amide bonds. The van der Waals surface area contributed by atoms with Crippen LogP contribution in [0.4, 0.5) is 14.9 Å². The number of nitrogens with one attached hydrogen (secondary N) is 3. The number of benzene rings is 3. The maximum atomic E-state index is 13.6. The molecule has 0 spiro atoms. The summed E-state index contributed by atoms with van der Waals surface area (Å²) in [7, 11) is 1.25. The molecule has 0 aliphatic heterocycles. The van der Waals surface area contributed by atoms with Gasteiger partial charge in [0.1, 0.15) is 12.1 Å². The van der Waals surface area contributed by atoms with Crippen LogP contribution in [0.1, 0.15) is 22.9 Å². The van der Waals surface area contributed by atoms with Crippen LogP contribution >= 0.6 is 11.6 Å². The first-order valence-electron chi connectivity index (χ1n) is 13.1. The van der Waals surface area contributed by atoms with Crippen LogP contribution in [0, 0.1) is 5.82 Å². The van der Waals surface area contributed by atoms with E-state index < -0.39 is 29.4 Å². The van der Waals surface area contributed by atoms with Crippen LogP contribution in [0.2, 0.25) is 5.02 Å². The summed E-state index contributed by atoms with van der Waals surface area (Å²) < 4.78 is 19.6. The zero-order valence-electron chi connectivity index (χ0n) is 23.1. The monoisotopic (exact) mass is 614 g/mol. The van der Waals surface area contributed by atoms with Crippen LogP contribution in [0.15, 0.2) is 90.0 Å². The summed E-state index contributed by atoms with van der Waals surface area (Å²) in [4.78, 5) is 37.5. The molecule has 5 rings (SSSR count). The predicted octanol–water partition coefficient (Wildman–Crippen LogP) is 4.50. The average molecular weight is 615 g/mol. The van der Waals surface area contributed by atoms with Gasteiger partial charge in [0.15, 0.2) is 0 Å². The molecule has 3 aromatic carbocycles. The minimum absolute atomic E-state index is 0.243. The maximum absolute atomic E-state index is 13.6. The van der Waals surface area contributed by atoms with E-state index in [0.29, 0.717) is 38.8 Å². The Balaban J connectivity index is 1.43. The largest absolute Gasteiger partial charge is 0.453 e. The number of amides is 2. The van der Waals surface area contributed by atoms with E-state index in [-0.39, 0.29) is 6.42 Å². The second kappa shape index (κ2) is 13.5. The molecule has 44 heavy (non-hydrogen) atoms. The standard InChI is InChI=1S/C30H24ClFN8O4/c1-44-30(43)34-23-10-4-19(5-11-23)24-16-26(36-37-29(24)42)25(14-18-2-8-22(32)9-3-18)35-28(41)13-6-20-15-21(31)7-12-27(20)40-17-33-38-39-40/h2-13,15-17,25H,14H2,1H3,(H,34,43)(H,35,41)(H,37,42)/b13-6+/t25-/m0/s1. The Morgan fingerprint density at radius 1 is 1.09 bits per heavy atom. The molecule has 0 aliphatic rings. The molecule has 0 saturated carbocycles. The van der Waals surface area contributed by atoms with Crippen molar-refractivity contribution in [1.29, 1.82) is 0 Å². The van der Waals surface area contributed by atoms with Crippen LogP contribution in [0.25, 0.3) is 22.9 Å². The van der Waals surface area contributed by atoms with Gasteiger partial charge in [0.25, 0.3) is 5.56 Å². The Morgan fingerprint density at radius 3 is 2.57 bits per heavy atom. The number of rotatable bonds is 9. The smallest absolute Gasteiger partial charge is 0.411 e. The number of ether oxygens (including phenoxy) is 1. The third-order valence-corrected chi connectivity index (χ3v) is 6.71. The lowest BCUT2D eigenvalue weighted by atomic mass is 10.00. The van der Waals surface area contributed by atoms with Crippen molar-refractivity contribution in [2.75, 3.05) is 12.4 Å². The van der Waals surface area contributed by atoms with Gasteiger partial charge in [0.05, 0.1) is 30.1 Å². The summed E-state index contributed by atoms with van der Waals surface area (Å²) in [5.74, 6) is -0.862. The summed E-state index contributed by atoms with van der Waals surface area (Å²) in [6, 6.07) is 18.3. The number of aromatic nitrogens is 6. The lowest BCUT2D eigenvalue weighted by Gasteiger charge is -2.18. The van der Waals surface area contributed by atoms with Gasteiger partial charge in [0, 0.05) is 22.3 Å². The number of hydrogen-bond acceptors (Lipinski definition) is 8. The lowest BCUT2D eigenvalue weighted by molar-refractivity contribution is -0.117. The van der Waals surface area contributed by atoms with Gasteiger partial charge < -0.3 is 10.1 Å². The maximum Gasteiger partial charge on any atom is 0.411 e. The summed E-state index contributed by atoms with van der Waals surface area (Å²) in [6.07, 6.45) is 3.94. The number of methoxy groups -OCH3 is 1. The van der Waals surface area contributed by atoms with Gasteiger partial charge in [-0.15, -0.1) is 5.10 Å². The molecule has 14 heteroatoms. The third-order valence-electron chi connectivity index (χ3n) is 6.48. The van der Waals surface area contributed by atoms with Crippen molar-refractivity contribution in [3.05, 3.63) is 123 Å². The molecule has 12 nitrogen and oxygen atoms in total. The van der Waals surface area contributed by atoms with Crippen molar-refractivity contribution in [3.63, 3.8) is 0 Å². The highest BCUT2D eigenvalue weighted by molar-refractivity contribution is 6.30. The SMILES string of the molecule is COC(=O)Nc1ccc(-c2cc([C@H](Cc3ccc(F)cc3)NC(=O)/C=C/c3cc(Cl)ccc3-n3cnnn3)n[nH]c2=O)cc1. The van der Waals surface area contributed by atoms with Crippen molar-refractivity contribution in [1.82, 2.24) is 35.7 Å². The molecule has 0 aliphatic carbocycles. The highest BCUT2D eigenvalue weighted by Gasteiger charge is 2.19. The van der Waals surface area contributed by atoms with E-state index in [1.54, 1.807) is 66.7 Å². The average Bonchev–Trinajstić information content (AvgIpc) is 3.56. The second-order valence-electron chi connectivity index (χ2n) is 9.41. The molecule has 2 heterocycles. The molecule has 3 N–H and O–H groups in total. The quantitative estimate of drug-likeness (QED) is 0.205. The molecule has 2 aromatic heterocycles. The van der Waals surface area contributed by atoms with Gasteiger partial charge in [-0.25, -0.2) is 14.3 Å². The minimum Gasteiger partial charge on any atom is -0.453 e. The van der Waals surface area contributed by atoms with Crippen molar-refractivity contribution in [3.8, 4) is 16.8 Å². The summed E-state index contributed by atoms with van der Waals surface area (Å²) in [5.41, 5.74) is 3.14. The molecule has 0 saturated heterocycles. The van der Waals surface area contributed by atoms with Crippen LogP contribution in [0.3, 0.4) is 0 Å². The first-order chi connectivity index (χ1) is 21.3. The highest BCUT2D eigenvalue weighted by atomic mass is 35.5. The van der Waals surface area contributed by atoms with Crippen LogP contribution in [0.5, 0.6) is 0 Å². The number of halogens is 2. The van der Waals surface area contributed by atoms with E-state index in [1.165, 1.54) is 36.3 Å². The summed E-state index contributed by atoms with van der Waals surface area (Å²) in [5, 5.41) is 23.8. The molecule has 0 unspecified atom stereocenters. The topological polar surface area (TPSA) is 157 Å². The van der Waals surface area contributed by atoms with Crippen LogP contribution in [-0.4, -0.2) is 49.5 Å².